The van der Waals surface area contributed by atoms with Gasteiger partial charge in [0.15, 0.2) is 11.5 Å². The van der Waals surface area contributed by atoms with Crippen molar-refractivity contribution in [1.29, 1.82) is 0 Å². The van der Waals surface area contributed by atoms with Gasteiger partial charge in [0.1, 0.15) is 5.56 Å². The fourth-order valence-electron chi connectivity index (χ4n) is 2.89. The highest BCUT2D eigenvalue weighted by Gasteiger charge is 2.36. The van der Waals surface area contributed by atoms with Crippen LogP contribution in [0.15, 0.2) is 42.5 Å². The summed E-state index contributed by atoms with van der Waals surface area (Å²) in [5, 5.41) is 5.49. The van der Waals surface area contributed by atoms with E-state index in [-0.39, 0.29) is 17.4 Å². The number of amides is 2. The van der Waals surface area contributed by atoms with Crippen molar-refractivity contribution in [1.82, 2.24) is 10.6 Å². The number of benzene rings is 2. The summed E-state index contributed by atoms with van der Waals surface area (Å²) in [5.41, 5.74) is 1.75. The minimum absolute atomic E-state index is 0.196. The Morgan fingerprint density at radius 3 is 2.50 bits per heavy atom. The van der Waals surface area contributed by atoms with Gasteiger partial charge in [-0.2, -0.15) is 0 Å². The molecule has 2 N–H and O–H groups in total. The van der Waals surface area contributed by atoms with Crippen LogP contribution in [0, 0.1) is 0 Å². The van der Waals surface area contributed by atoms with E-state index >= 15 is 0 Å². The highest BCUT2D eigenvalue weighted by atomic mass is 16.6. The summed E-state index contributed by atoms with van der Waals surface area (Å²) in [6, 6.07) is 12.3. The molecule has 26 heavy (non-hydrogen) atoms. The predicted molar refractivity (Wildman–Crippen MR) is 94.2 cm³/mol. The zero-order valence-corrected chi connectivity index (χ0v) is 14.7. The molecule has 1 aliphatic heterocycles. The molecule has 1 aliphatic rings. The second-order valence-corrected chi connectivity index (χ2v) is 5.80. The SMILES string of the molecule is COc1ccc2c(c1OC)C(=O)O[C@@H]2NC(=O)N[C@H](C)c1ccccc1. The third-order valence-electron chi connectivity index (χ3n) is 4.20. The monoisotopic (exact) mass is 356 g/mol. The molecule has 3 rings (SSSR count). The van der Waals surface area contributed by atoms with Crippen LogP contribution >= 0.6 is 0 Å². The Hall–Kier alpha value is -3.22. The van der Waals surface area contributed by atoms with Gasteiger partial charge in [-0.3, -0.25) is 5.32 Å². The van der Waals surface area contributed by atoms with E-state index in [1.165, 1.54) is 14.2 Å². The number of cyclic esters (lactones) is 1. The van der Waals surface area contributed by atoms with E-state index in [0.29, 0.717) is 11.3 Å². The third kappa shape index (κ3) is 3.28. The lowest BCUT2D eigenvalue weighted by Gasteiger charge is -2.18. The maximum atomic E-state index is 12.3. The van der Waals surface area contributed by atoms with Crippen LogP contribution < -0.4 is 20.1 Å². The summed E-state index contributed by atoms with van der Waals surface area (Å²) in [6.07, 6.45) is -0.889. The van der Waals surface area contributed by atoms with Crippen LogP contribution in [0.2, 0.25) is 0 Å². The van der Waals surface area contributed by atoms with Crippen molar-refractivity contribution in [2.75, 3.05) is 14.2 Å². The minimum atomic E-state index is -0.889. The van der Waals surface area contributed by atoms with Crippen LogP contribution in [0.4, 0.5) is 4.79 Å². The summed E-state index contributed by atoms with van der Waals surface area (Å²) in [7, 11) is 2.93. The van der Waals surface area contributed by atoms with Gasteiger partial charge in [-0.15, -0.1) is 0 Å². The summed E-state index contributed by atoms with van der Waals surface area (Å²) in [4.78, 5) is 24.5. The molecule has 136 valence electrons. The van der Waals surface area contributed by atoms with Crippen molar-refractivity contribution >= 4 is 12.0 Å². The normalized spacial score (nSPS) is 16.3. The number of nitrogens with one attached hydrogen (secondary N) is 2. The van der Waals surface area contributed by atoms with Gasteiger partial charge >= 0.3 is 12.0 Å². The maximum absolute atomic E-state index is 12.3. The van der Waals surface area contributed by atoms with E-state index in [2.05, 4.69) is 10.6 Å². The summed E-state index contributed by atoms with van der Waals surface area (Å²) in [6.45, 7) is 1.87. The van der Waals surface area contributed by atoms with Crippen LogP contribution in [0.1, 0.15) is 40.7 Å². The molecule has 0 aliphatic carbocycles. The molecule has 2 aromatic rings. The van der Waals surface area contributed by atoms with Crippen molar-refractivity contribution in [3.8, 4) is 11.5 Å². The van der Waals surface area contributed by atoms with Gasteiger partial charge in [-0.1, -0.05) is 30.3 Å². The van der Waals surface area contributed by atoms with Crippen molar-refractivity contribution < 1.29 is 23.8 Å². The van der Waals surface area contributed by atoms with Gasteiger partial charge in [0.05, 0.1) is 20.3 Å². The molecule has 2 atom stereocenters. The number of esters is 1. The number of carbonyl (C=O) groups excluding carboxylic acids is 2. The van der Waals surface area contributed by atoms with Gasteiger partial charge in [0.25, 0.3) is 0 Å². The summed E-state index contributed by atoms with van der Waals surface area (Å²) >= 11 is 0. The number of urea groups is 1. The molecule has 0 radical (unpaired) electrons. The van der Waals surface area contributed by atoms with Crippen molar-refractivity contribution in [2.45, 2.75) is 19.2 Å². The van der Waals surface area contributed by atoms with Gasteiger partial charge in [0.2, 0.25) is 6.23 Å². The lowest BCUT2D eigenvalue weighted by molar-refractivity contribution is 0.0335. The second kappa shape index (κ2) is 7.35. The maximum Gasteiger partial charge on any atom is 0.344 e. The largest absolute Gasteiger partial charge is 0.493 e. The van der Waals surface area contributed by atoms with E-state index in [1.807, 2.05) is 37.3 Å². The first kappa shape index (κ1) is 17.6. The Bertz CT molecular complexity index is 822. The van der Waals surface area contributed by atoms with Crippen LogP contribution in [-0.4, -0.2) is 26.2 Å². The van der Waals surface area contributed by atoms with Gasteiger partial charge in [0, 0.05) is 5.56 Å². The summed E-state index contributed by atoms with van der Waals surface area (Å²) < 4.78 is 15.8. The van der Waals surface area contributed by atoms with Gasteiger partial charge < -0.3 is 19.5 Å². The van der Waals surface area contributed by atoms with Crippen molar-refractivity contribution in [3.63, 3.8) is 0 Å². The molecule has 0 aromatic heterocycles. The van der Waals surface area contributed by atoms with Crippen molar-refractivity contribution in [3.05, 3.63) is 59.2 Å². The van der Waals surface area contributed by atoms with Crippen LogP contribution in [0.5, 0.6) is 11.5 Å². The van der Waals surface area contributed by atoms with Crippen molar-refractivity contribution in [2.24, 2.45) is 0 Å². The molecule has 0 bridgehead atoms. The first-order valence-corrected chi connectivity index (χ1v) is 8.13. The number of hydrogen-bond donors (Lipinski definition) is 2. The minimum Gasteiger partial charge on any atom is -0.493 e. The number of fused-ring (bicyclic) bond motifs is 1. The topological polar surface area (TPSA) is 85.9 Å². The van der Waals surface area contributed by atoms with Crippen LogP contribution in [0.25, 0.3) is 0 Å². The second-order valence-electron chi connectivity index (χ2n) is 5.80. The molecule has 1 heterocycles. The van der Waals surface area contributed by atoms with Gasteiger partial charge in [-0.05, 0) is 24.6 Å². The number of carbonyl (C=O) groups is 2. The molecule has 0 spiro atoms. The fourth-order valence-corrected chi connectivity index (χ4v) is 2.89. The fraction of sp³-hybridized carbons (Fsp3) is 0.263. The smallest absolute Gasteiger partial charge is 0.344 e. The Morgan fingerprint density at radius 2 is 1.85 bits per heavy atom. The quantitative estimate of drug-likeness (QED) is 0.805. The lowest BCUT2D eigenvalue weighted by Crippen LogP contribution is -2.39. The Kier molecular flexibility index (Phi) is 4.97. The molecule has 0 saturated heterocycles. The number of ether oxygens (including phenoxy) is 3. The first-order chi connectivity index (χ1) is 12.5. The number of hydrogen-bond acceptors (Lipinski definition) is 5. The van der Waals surface area contributed by atoms with E-state index in [0.717, 1.165) is 5.56 Å². The molecule has 0 fully saturated rings. The average Bonchev–Trinajstić information content (AvgIpc) is 2.97. The zero-order chi connectivity index (χ0) is 18.7. The molecule has 2 aromatic carbocycles. The number of methoxy groups -OCH3 is 2. The van der Waals surface area contributed by atoms with E-state index in [1.54, 1.807) is 12.1 Å². The highest BCUT2D eigenvalue weighted by molar-refractivity contribution is 5.98. The van der Waals surface area contributed by atoms with Gasteiger partial charge in [-0.25, -0.2) is 9.59 Å². The Labute approximate surface area is 151 Å². The van der Waals surface area contributed by atoms with Crippen LogP contribution in [0.3, 0.4) is 0 Å². The Morgan fingerprint density at radius 1 is 1.12 bits per heavy atom. The summed E-state index contributed by atoms with van der Waals surface area (Å²) in [5.74, 6) is 0.139. The number of rotatable bonds is 5. The molecular formula is C19H20N2O5. The average molecular weight is 356 g/mol. The molecule has 0 saturated carbocycles. The Balaban J connectivity index is 1.75. The van der Waals surface area contributed by atoms with E-state index < -0.39 is 18.2 Å². The standard InChI is InChI=1S/C19H20N2O5/c1-11(12-7-5-4-6-8-12)20-19(23)21-17-13-9-10-14(24-2)16(25-3)15(13)18(22)26-17/h4-11,17H,1-3H3,(H2,20,21,23)/t11-,17+/m1/s1. The molecular weight excluding hydrogens is 336 g/mol. The highest BCUT2D eigenvalue weighted by Crippen LogP contribution is 2.40. The first-order valence-electron chi connectivity index (χ1n) is 8.13. The molecule has 2 amide bonds. The van der Waals surface area contributed by atoms with E-state index in [4.69, 9.17) is 14.2 Å². The third-order valence-corrected chi connectivity index (χ3v) is 4.20. The lowest BCUT2D eigenvalue weighted by atomic mass is 10.1. The molecule has 0 unspecified atom stereocenters. The van der Waals surface area contributed by atoms with Crippen LogP contribution in [-0.2, 0) is 4.74 Å². The zero-order valence-electron chi connectivity index (χ0n) is 14.7. The molecule has 7 nitrogen and oxygen atoms in total. The molecule has 7 heteroatoms. The van der Waals surface area contributed by atoms with E-state index in [9.17, 15) is 9.59 Å². The predicted octanol–water partition coefficient (Wildman–Crippen LogP) is 2.93.